The first-order valence-electron chi connectivity index (χ1n) is 19.1. The molecule has 262 valence electrons. The van der Waals surface area contributed by atoms with E-state index in [0.717, 1.165) is 68.1 Å². The predicted octanol–water partition coefficient (Wildman–Crippen LogP) is 7.79. The van der Waals surface area contributed by atoms with Gasteiger partial charge in [-0.2, -0.15) is 0 Å². The van der Waals surface area contributed by atoms with Crippen molar-refractivity contribution in [2.75, 3.05) is 13.2 Å². The molecule has 0 spiro atoms. The highest BCUT2D eigenvalue weighted by atomic mass is 16.4. The summed E-state index contributed by atoms with van der Waals surface area (Å²) in [6.07, 6.45) is 16.1. The minimum absolute atomic E-state index is 0.0992. The Bertz CT molecular complexity index is 1120. The largest absolute Gasteiger partial charge is 0.465 e. The lowest BCUT2D eigenvalue weighted by Gasteiger charge is -2.59. The van der Waals surface area contributed by atoms with Crippen molar-refractivity contribution in [3.8, 4) is 0 Å². The van der Waals surface area contributed by atoms with Crippen LogP contribution in [0.4, 0.5) is 4.79 Å². The minimum Gasteiger partial charge on any atom is -0.465 e. The Labute approximate surface area is 279 Å². The van der Waals surface area contributed by atoms with Gasteiger partial charge in [-0.1, -0.05) is 85.3 Å². The van der Waals surface area contributed by atoms with Crippen LogP contribution in [-0.4, -0.2) is 63.1 Å². The van der Waals surface area contributed by atoms with Gasteiger partial charge in [0, 0.05) is 6.54 Å². The van der Waals surface area contributed by atoms with Gasteiger partial charge in [0.15, 0.2) is 0 Å². The van der Waals surface area contributed by atoms with Crippen LogP contribution in [0.25, 0.3) is 0 Å². The van der Waals surface area contributed by atoms with Crippen LogP contribution < -0.4 is 5.32 Å². The van der Waals surface area contributed by atoms with Crippen LogP contribution in [0.1, 0.15) is 138 Å². The maximum absolute atomic E-state index is 14.5. The van der Waals surface area contributed by atoms with Crippen LogP contribution in [0.15, 0.2) is 11.6 Å². The van der Waals surface area contributed by atoms with Gasteiger partial charge in [-0.15, -0.1) is 0 Å². The van der Waals surface area contributed by atoms with E-state index in [0.29, 0.717) is 24.2 Å². The zero-order valence-corrected chi connectivity index (χ0v) is 29.9. The van der Waals surface area contributed by atoms with E-state index in [1.165, 1.54) is 50.5 Å². The third-order valence-corrected chi connectivity index (χ3v) is 14.5. The standard InChI is InChI=1S/C39H66N2O5/c1-7-8-18-39(40-36(45)46,35(44)41-23-30(43)22-29(41)24-42)28-16-19-37(5)27(21-28)12-13-31-33-15-14-32(26(4)11-9-10-25(2)3)38(33,6)20-17-34(31)37/h12,25-26,28-34,40,42-43H,7-11,13-24H2,1-6H3,(H,45,46)/t26-,28+,29?,30?,31+,32-,33+,34+,37+,38-,39?/m1/s1. The van der Waals surface area contributed by atoms with Crippen molar-refractivity contribution < 1.29 is 24.9 Å². The van der Waals surface area contributed by atoms with Gasteiger partial charge in [0.25, 0.3) is 0 Å². The number of carboxylic acid groups (broad SMARTS) is 1. The highest BCUT2D eigenvalue weighted by molar-refractivity contribution is 5.90. The number of nitrogens with zero attached hydrogens (tertiary/aromatic N) is 1. The summed E-state index contributed by atoms with van der Waals surface area (Å²) in [7, 11) is 0. The van der Waals surface area contributed by atoms with E-state index >= 15 is 0 Å². The number of allylic oxidation sites excluding steroid dienone is 2. The number of carbonyl (C=O) groups excluding carboxylic acids is 1. The summed E-state index contributed by atoms with van der Waals surface area (Å²) >= 11 is 0. The molecule has 3 unspecified atom stereocenters. The summed E-state index contributed by atoms with van der Waals surface area (Å²) < 4.78 is 0. The van der Waals surface area contributed by atoms with Gasteiger partial charge in [0.2, 0.25) is 5.91 Å². The number of fused-ring (bicyclic) bond motifs is 5. The molecule has 46 heavy (non-hydrogen) atoms. The maximum Gasteiger partial charge on any atom is 0.405 e. The van der Waals surface area contributed by atoms with Crippen molar-refractivity contribution in [2.45, 2.75) is 156 Å². The van der Waals surface area contributed by atoms with E-state index in [1.807, 2.05) is 0 Å². The van der Waals surface area contributed by atoms with Crippen molar-refractivity contribution in [1.82, 2.24) is 10.2 Å². The number of carbonyl (C=O) groups is 2. The highest BCUT2D eigenvalue weighted by Gasteiger charge is 2.61. The molecule has 0 radical (unpaired) electrons. The number of hydrogen-bond donors (Lipinski definition) is 4. The zero-order valence-electron chi connectivity index (χ0n) is 29.9. The van der Waals surface area contributed by atoms with Crippen molar-refractivity contribution in [3.63, 3.8) is 0 Å². The molecule has 1 saturated heterocycles. The summed E-state index contributed by atoms with van der Waals surface area (Å²) in [6.45, 7) is 14.4. The van der Waals surface area contributed by atoms with Crippen LogP contribution in [0.3, 0.4) is 0 Å². The van der Waals surface area contributed by atoms with Gasteiger partial charge in [0.1, 0.15) is 5.54 Å². The van der Waals surface area contributed by atoms with Crippen molar-refractivity contribution in [1.29, 1.82) is 0 Å². The number of rotatable bonds is 12. The van der Waals surface area contributed by atoms with Crippen molar-refractivity contribution in [3.05, 3.63) is 11.6 Å². The number of nitrogens with one attached hydrogen (secondary N) is 1. The average molecular weight is 643 g/mol. The highest BCUT2D eigenvalue weighted by Crippen LogP contribution is 2.68. The molecular formula is C39H66N2O5. The van der Waals surface area contributed by atoms with Crippen LogP contribution in [0.5, 0.6) is 0 Å². The lowest BCUT2D eigenvalue weighted by molar-refractivity contribution is -0.144. The smallest absolute Gasteiger partial charge is 0.405 e. The molecular weight excluding hydrogens is 576 g/mol. The number of aliphatic hydroxyl groups excluding tert-OH is 2. The summed E-state index contributed by atoms with van der Waals surface area (Å²) in [5, 5.41) is 33.4. The molecule has 3 saturated carbocycles. The Morgan fingerprint density at radius 2 is 1.83 bits per heavy atom. The van der Waals surface area contributed by atoms with Gasteiger partial charge in [0.05, 0.1) is 18.8 Å². The first-order chi connectivity index (χ1) is 21.8. The molecule has 0 aromatic heterocycles. The fraction of sp³-hybridized carbons (Fsp3) is 0.897. The molecule has 0 bridgehead atoms. The molecule has 7 heteroatoms. The monoisotopic (exact) mass is 642 g/mol. The van der Waals surface area contributed by atoms with Crippen LogP contribution >= 0.6 is 0 Å². The molecule has 0 aromatic rings. The number of β-amino-alcohol motifs (C(OH)–C–C–N with tert-alkyl or cyclic N) is 1. The van der Waals surface area contributed by atoms with Gasteiger partial charge in [-0.25, -0.2) is 4.79 Å². The van der Waals surface area contributed by atoms with Crippen LogP contribution in [0.2, 0.25) is 0 Å². The average Bonchev–Trinajstić information content (AvgIpc) is 3.57. The Kier molecular flexibility index (Phi) is 10.9. The van der Waals surface area contributed by atoms with E-state index < -0.39 is 23.8 Å². The second kappa shape index (κ2) is 14.1. The number of hydrogen-bond acceptors (Lipinski definition) is 4. The van der Waals surface area contributed by atoms with E-state index in [2.05, 4.69) is 52.9 Å². The summed E-state index contributed by atoms with van der Waals surface area (Å²) in [5.74, 6) is 4.17. The van der Waals surface area contributed by atoms with E-state index in [4.69, 9.17) is 0 Å². The van der Waals surface area contributed by atoms with Crippen molar-refractivity contribution in [2.24, 2.45) is 52.3 Å². The molecule has 11 atom stereocenters. The Morgan fingerprint density at radius 1 is 1.07 bits per heavy atom. The topological polar surface area (TPSA) is 110 Å². The number of amides is 2. The van der Waals surface area contributed by atoms with Gasteiger partial charge >= 0.3 is 6.09 Å². The van der Waals surface area contributed by atoms with E-state index in [9.17, 15) is 24.9 Å². The molecule has 4 fully saturated rings. The number of unbranched alkanes of at least 4 members (excludes halogenated alkanes) is 1. The Balaban J connectivity index is 1.38. The van der Waals surface area contributed by atoms with Crippen LogP contribution in [0, 0.1) is 52.3 Å². The lowest BCUT2D eigenvalue weighted by atomic mass is 9.46. The molecule has 0 aromatic carbocycles. The first-order valence-corrected chi connectivity index (χ1v) is 19.1. The summed E-state index contributed by atoms with van der Waals surface area (Å²) in [6, 6.07) is -0.479. The first kappa shape index (κ1) is 35.7. The lowest BCUT2D eigenvalue weighted by Crippen LogP contribution is -2.65. The molecule has 5 rings (SSSR count). The minimum atomic E-state index is -1.26. The van der Waals surface area contributed by atoms with Gasteiger partial charge < -0.3 is 25.5 Å². The van der Waals surface area contributed by atoms with Gasteiger partial charge in [-0.3, -0.25) is 4.79 Å². The molecule has 4 aliphatic carbocycles. The van der Waals surface area contributed by atoms with E-state index in [-0.39, 0.29) is 30.4 Å². The molecule has 7 nitrogen and oxygen atoms in total. The summed E-state index contributed by atoms with van der Waals surface area (Å²) in [4.78, 5) is 28.5. The zero-order chi connectivity index (χ0) is 33.4. The van der Waals surface area contributed by atoms with Crippen molar-refractivity contribution >= 4 is 12.0 Å². The fourth-order valence-electron chi connectivity index (χ4n) is 12.0. The Hall–Kier alpha value is -1.60. The third-order valence-electron chi connectivity index (χ3n) is 14.5. The molecule has 2 amide bonds. The quantitative estimate of drug-likeness (QED) is 0.163. The SMILES string of the molecule is CCCCC(NC(=O)O)(C(=O)N1CC(O)CC1CO)[C@H]1CC[C@@]2(C)C(=CC[C@H]3[C@@H]4CC[C@H]([C@H](C)CCCC(C)C)[C@@]4(C)CC[C@@H]32)C1. The number of likely N-dealkylation sites (tertiary alicyclic amines) is 1. The van der Waals surface area contributed by atoms with Gasteiger partial charge in [-0.05, 0) is 116 Å². The number of aliphatic hydroxyl groups is 2. The summed E-state index contributed by atoms with van der Waals surface area (Å²) in [5.41, 5.74) is 0.732. The molecule has 4 N–H and O–H groups in total. The van der Waals surface area contributed by atoms with Crippen LogP contribution in [-0.2, 0) is 4.79 Å². The second-order valence-corrected chi connectivity index (χ2v) is 17.4. The fourth-order valence-corrected chi connectivity index (χ4v) is 12.0. The molecule has 5 aliphatic rings. The molecule has 1 aliphatic heterocycles. The third kappa shape index (κ3) is 6.42. The maximum atomic E-state index is 14.5. The Morgan fingerprint density at radius 3 is 2.50 bits per heavy atom. The predicted molar refractivity (Wildman–Crippen MR) is 183 cm³/mol. The molecule has 1 heterocycles. The second-order valence-electron chi connectivity index (χ2n) is 17.4. The van der Waals surface area contributed by atoms with E-state index in [1.54, 1.807) is 4.90 Å². The normalized spacial score (nSPS) is 39.2.